The molecule has 140 valence electrons. The van der Waals surface area contributed by atoms with Crippen molar-refractivity contribution < 1.29 is 9.84 Å². The van der Waals surface area contributed by atoms with Gasteiger partial charge in [-0.25, -0.2) is 0 Å². The number of fused-ring (bicyclic) bond motifs is 2. The maximum atomic E-state index is 9.70. The number of piperidine rings is 1. The molecular formula is C20H25ClN2O2S. The van der Waals surface area contributed by atoms with E-state index in [1.54, 1.807) is 11.3 Å². The van der Waals surface area contributed by atoms with E-state index < -0.39 is 0 Å². The summed E-state index contributed by atoms with van der Waals surface area (Å²) in [5.41, 5.74) is 4.37. The Bertz CT molecular complexity index is 809. The second-order valence-corrected chi connectivity index (χ2v) is 9.18. The SMILES string of the molecule is Cc1cncc(CN2CC[C@]3(C[C@@H]2C)OCCc2c3sc(Cl)c2CO)c1. The molecule has 1 N–H and O–H groups in total. The molecule has 0 saturated carbocycles. The molecule has 2 aromatic rings. The van der Waals surface area contributed by atoms with Crippen LogP contribution in [0.25, 0.3) is 0 Å². The van der Waals surface area contributed by atoms with Gasteiger partial charge in [0.25, 0.3) is 0 Å². The summed E-state index contributed by atoms with van der Waals surface area (Å²) >= 11 is 8.02. The summed E-state index contributed by atoms with van der Waals surface area (Å²) in [7, 11) is 0. The molecule has 2 atom stereocenters. The van der Waals surface area contributed by atoms with Crippen molar-refractivity contribution in [2.45, 2.75) is 57.9 Å². The van der Waals surface area contributed by atoms with Gasteiger partial charge in [0, 0.05) is 42.0 Å². The van der Waals surface area contributed by atoms with E-state index in [-0.39, 0.29) is 12.2 Å². The van der Waals surface area contributed by atoms with E-state index >= 15 is 0 Å². The highest BCUT2D eigenvalue weighted by molar-refractivity contribution is 7.16. The number of aryl methyl sites for hydroxylation is 1. The molecule has 4 rings (SSSR count). The molecule has 0 unspecified atom stereocenters. The van der Waals surface area contributed by atoms with Gasteiger partial charge in [-0.2, -0.15) is 0 Å². The molecule has 1 fully saturated rings. The summed E-state index contributed by atoms with van der Waals surface area (Å²) < 4.78 is 7.09. The molecule has 0 radical (unpaired) electrons. The number of ether oxygens (including phenoxy) is 1. The maximum Gasteiger partial charge on any atom is 0.105 e. The van der Waals surface area contributed by atoms with Crippen molar-refractivity contribution >= 4 is 22.9 Å². The Kier molecular flexibility index (Phi) is 5.10. The smallest absolute Gasteiger partial charge is 0.105 e. The van der Waals surface area contributed by atoms with Gasteiger partial charge in [0.05, 0.1) is 17.6 Å². The fourth-order valence-electron chi connectivity index (χ4n) is 4.44. The minimum atomic E-state index is -0.240. The number of likely N-dealkylation sites (tertiary alicyclic amines) is 1. The first-order chi connectivity index (χ1) is 12.5. The lowest BCUT2D eigenvalue weighted by Crippen LogP contribution is -2.50. The van der Waals surface area contributed by atoms with E-state index in [1.165, 1.54) is 21.6 Å². The topological polar surface area (TPSA) is 45.6 Å². The third-order valence-corrected chi connectivity index (χ3v) is 7.45. The van der Waals surface area contributed by atoms with E-state index in [0.717, 1.165) is 42.3 Å². The summed E-state index contributed by atoms with van der Waals surface area (Å²) in [5.74, 6) is 0. The van der Waals surface area contributed by atoms with Crippen LogP contribution in [0.3, 0.4) is 0 Å². The molecule has 0 bridgehead atoms. The molecule has 4 heterocycles. The summed E-state index contributed by atoms with van der Waals surface area (Å²) in [5, 5.41) is 9.70. The first-order valence-corrected chi connectivity index (χ1v) is 10.4. The number of aliphatic hydroxyl groups is 1. The highest BCUT2D eigenvalue weighted by Crippen LogP contribution is 2.49. The quantitative estimate of drug-likeness (QED) is 0.855. The minimum absolute atomic E-state index is 0.0167. The van der Waals surface area contributed by atoms with E-state index in [0.29, 0.717) is 12.6 Å². The number of halogens is 1. The van der Waals surface area contributed by atoms with E-state index in [2.05, 4.69) is 29.8 Å². The average molecular weight is 393 g/mol. The highest BCUT2D eigenvalue weighted by Gasteiger charge is 2.45. The van der Waals surface area contributed by atoms with E-state index in [9.17, 15) is 5.11 Å². The van der Waals surface area contributed by atoms with Gasteiger partial charge in [-0.15, -0.1) is 11.3 Å². The number of hydrogen-bond acceptors (Lipinski definition) is 5. The summed E-state index contributed by atoms with van der Waals surface area (Å²) in [6.45, 7) is 7.00. The van der Waals surface area contributed by atoms with Crippen molar-refractivity contribution in [2.75, 3.05) is 13.2 Å². The second-order valence-electron chi connectivity index (χ2n) is 7.56. The number of pyridine rings is 1. The van der Waals surface area contributed by atoms with Crippen LogP contribution >= 0.6 is 22.9 Å². The molecular weight excluding hydrogens is 368 g/mol. The Morgan fingerprint density at radius 2 is 2.31 bits per heavy atom. The Balaban J connectivity index is 1.56. The molecule has 2 aromatic heterocycles. The first-order valence-electron chi connectivity index (χ1n) is 9.22. The molecule has 2 aliphatic rings. The zero-order chi connectivity index (χ0) is 18.3. The molecule has 1 saturated heterocycles. The van der Waals surface area contributed by atoms with Crippen LogP contribution in [0.1, 0.15) is 46.9 Å². The van der Waals surface area contributed by atoms with Crippen LogP contribution in [0, 0.1) is 6.92 Å². The molecule has 2 aliphatic heterocycles. The van der Waals surface area contributed by atoms with Crippen LogP contribution in [0.4, 0.5) is 0 Å². The van der Waals surface area contributed by atoms with Crippen molar-refractivity contribution in [3.8, 4) is 0 Å². The molecule has 26 heavy (non-hydrogen) atoms. The number of rotatable bonds is 3. The zero-order valence-corrected chi connectivity index (χ0v) is 16.9. The molecule has 0 amide bonds. The van der Waals surface area contributed by atoms with Gasteiger partial charge in [-0.1, -0.05) is 17.7 Å². The lowest BCUT2D eigenvalue weighted by Gasteiger charge is -2.47. The van der Waals surface area contributed by atoms with Gasteiger partial charge in [0.1, 0.15) is 5.60 Å². The van der Waals surface area contributed by atoms with Crippen molar-refractivity contribution in [1.29, 1.82) is 0 Å². The third-order valence-electron chi connectivity index (χ3n) is 5.74. The summed E-state index contributed by atoms with van der Waals surface area (Å²) in [6.07, 6.45) is 6.64. The van der Waals surface area contributed by atoms with Gasteiger partial charge in [0.2, 0.25) is 0 Å². The summed E-state index contributed by atoms with van der Waals surface area (Å²) in [4.78, 5) is 8.09. The predicted molar refractivity (Wildman–Crippen MR) is 105 cm³/mol. The number of nitrogens with zero attached hydrogens (tertiary/aromatic N) is 2. The lowest BCUT2D eigenvalue weighted by molar-refractivity contribution is -0.110. The Morgan fingerprint density at radius 3 is 3.04 bits per heavy atom. The van der Waals surface area contributed by atoms with E-state index in [1.807, 2.05) is 12.4 Å². The second kappa shape index (κ2) is 7.21. The van der Waals surface area contributed by atoms with Crippen molar-refractivity contribution in [3.05, 3.63) is 49.9 Å². The van der Waals surface area contributed by atoms with Gasteiger partial charge < -0.3 is 9.84 Å². The Morgan fingerprint density at radius 1 is 1.46 bits per heavy atom. The number of aromatic nitrogens is 1. The maximum absolute atomic E-state index is 9.70. The lowest BCUT2D eigenvalue weighted by atomic mass is 9.81. The van der Waals surface area contributed by atoms with E-state index in [4.69, 9.17) is 16.3 Å². The largest absolute Gasteiger partial charge is 0.392 e. The van der Waals surface area contributed by atoms with Crippen LogP contribution in [-0.4, -0.2) is 34.2 Å². The standard InChI is InChI=1S/C20H25ClN2O2S/c1-13-7-15(10-22-9-13)11-23-5-4-20(8-14(23)2)18-16(3-6-25-20)17(12-24)19(21)26-18/h7,9-10,14,24H,3-6,8,11-12H2,1-2H3/t14-,20+/m0/s1. The normalized spacial score (nSPS) is 26.2. The average Bonchev–Trinajstić information content (AvgIpc) is 2.95. The monoisotopic (exact) mass is 392 g/mol. The van der Waals surface area contributed by atoms with Gasteiger partial charge in [-0.3, -0.25) is 9.88 Å². The minimum Gasteiger partial charge on any atom is -0.392 e. The van der Waals surface area contributed by atoms with Crippen LogP contribution in [0.2, 0.25) is 4.34 Å². The zero-order valence-electron chi connectivity index (χ0n) is 15.3. The number of aliphatic hydroxyl groups excluding tert-OH is 1. The Labute approximate surface area is 163 Å². The van der Waals surface area contributed by atoms with Crippen molar-refractivity contribution in [2.24, 2.45) is 0 Å². The fraction of sp³-hybridized carbons (Fsp3) is 0.550. The van der Waals surface area contributed by atoms with Crippen LogP contribution < -0.4 is 0 Å². The van der Waals surface area contributed by atoms with Crippen LogP contribution in [-0.2, 0) is 29.9 Å². The van der Waals surface area contributed by atoms with Gasteiger partial charge in [-0.05, 0) is 49.8 Å². The molecule has 6 heteroatoms. The number of thiophene rings is 1. The van der Waals surface area contributed by atoms with Gasteiger partial charge >= 0.3 is 0 Å². The van der Waals surface area contributed by atoms with Crippen molar-refractivity contribution in [1.82, 2.24) is 9.88 Å². The molecule has 4 nitrogen and oxygen atoms in total. The van der Waals surface area contributed by atoms with Crippen molar-refractivity contribution in [3.63, 3.8) is 0 Å². The molecule has 0 aromatic carbocycles. The molecule has 1 spiro atoms. The third kappa shape index (κ3) is 3.20. The highest BCUT2D eigenvalue weighted by atomic mass is 35.5. The Hall–Kier alpha value is -0.980. The first kappa shape index (κ1) is 18.4. The predicted octanol–water partition coefficient (Wildman–Crippen LogP) is 4.05. The summed E-state index contributed by atoms with van der Waals surface area (Å²) in [6, 6.07) is 2.62. The molecule has 0 aliphatic carbocycles. The van der Waals surface area contributed by atoms with Crippen LogP contribution in [0.15, 0.2) is 18.5 Å². The number of hydrogen-bond donors (Lipinski definition) is 1. The van der Waals surface area contributed by atoms with Gasteiger partial charge in [0.15, 0.2) is 0 Å². The fourth-order valence-corrected chi connectivity index (χ4v) is 6.11. The van der Waals surface area contributed by atoms with Crippen LogP contribution in [0.5, 0.6) is 0 Å².